The van der Waals surface area contributed by atoms with E-state index in [0.29, 0.717) is 21.3 Å². The number of rotatable bonds is 2. The molecule has 6 heteroatoms. The van der Waals surface area contributed by atoms with E-state index in [9.17, 15) is 9.90 Å². The number of aliphatic imine (C=N–C) groups is 1. The molecule has 0 bridgehead atoms. The number of aromatic nitrogens is 1. The van der Waals surface area contributed by atoms with Crippen LogP contribution in [0, 0.1) is 0 Å². The number of benzene rings is 2. The first-order chi connectivity index (χ1) is 12.1. The molecule has 124 valence electrons. The van der Waals surface area contributed by atoms with Crippen LogP contribution in [-0.4, -0.2) is 21.8 Å². The molecule has 0 unspecified atom stereocenters. The summed E-state index contributed by atoms with van der Waals surface area (Å²) in [6, 6.07) is 12.9. The molecule has 0 radical (unpaired) electrons. The van der Waals surface area contributed by atoms with Gasteiger partial charge in [0.05, 0.1) is 12.3 Å². The Bertz CT molecular complexity index is 1040. The molecule has 2 N–H and O–H groups in total. The molecule has 2 aromatic carbocycles. The zero-order chi connectivity index (χ0) is 17.6. The van der Waals surface area contributed by atoms with Crippen LogP contribution in [0.3, 0.4) is 0 Å². The van der Waals surface area contributed by atoms with Crippen LogP contribution < -0.4 is 0 Å². The number of hydrogen-bond donors (Lipinski definition) is 2. The van der Waals surface area contributed by atoms with E-state index in [1.165, 1.54) is 0 Å². The first kappa shape index (κ1) is 15.9. The highest BCUT2D eigenvalue weighted by Crippen LogP contribution is 2.36. The Kier molecular flexibility index (Phi) is 3.86. The molecule has 4 rings (SSSR count). The summed E-state index contributed by atoms with van der Waals surface area (Å²) in [5.74, 6) is -1.01. The van der Waals surface area contributed by atoms with Crippen LogP contribution in [0.2, 0.25) is 10.0 Å². The van der Waals surface area contributed by atoms with Crippen LogP contribution in [-0.2, 0) is 6.54 Å². The zero-order valence-corrected chi connectivity index (χ0v) is 14.4. The van der Waals surface area contributed by atoms with Gasteiger partial charge in [0.2, 0.25) is 0 Å². The fourth-order valence-corrected chi connectivity index (χ4v) is 3.52. The van der Waals surface area contributed by atoms with Crippen molar-refractivity contribution in [3.05, 3.63) is 81.1 Å². The van der Waals surface area contributed by atoms with E-state index < -0.39 is 5.97 Å². The van der Waals surface area contributed by atoms with E-state index in [4.69, 9.17) is 23.2 Å². The van der Waals surface area contributed by atoms with Gasteiger partial charge in [0.15, 0.2) is 0 Å². The Labute approximate surface area is 153 Å². The summed E-state index contributed by atoms with van der Waals surface area (Å²) in [6.45, 7) is 0.243. The zero-order valence-electron chi connectivity index (χ0n) is 12.9. The van der Waals surface area contributed by atoms with Crippen molar-refractivity contribution in [1.29, 1.82) is 0 Å². The second kappa shape index (κ2) is 6.06. The Morgan fingerprint density at radius 3 is 2.60 bits per heavy atom. The molecule has 2 heterocycles. The number of H-pyrrole nitrogens is 1. The van der Waals surface area contributed by atoms with Crippen molar-refractivity contribution in [2.75, 3.05) is 0 Å². The lowest BCUT2D eigenvalue weighted by atomic mass is 9.93. The average molecular weight is 371 g/mol. The third-order valence-corrected chi connectivity index (χ3v) is 4.82. The molecule has 1 aromatic heterocycles. The van der Waals surface area contributed by atoms with Crippen molar-refractivity contribution in [2.45, 2.75) is 6.54 Å². The molecule has 0 amide bonds. The van der Waals surface area contributed by atoms with E-state index in [-0.39, 0.29) is 12.2 Å². The highest BCUT2D eigenvalue weighted by Gasteiger charge is 2.25. The summed E-state index contributed by atoms with van der Waals surface area (Å²) in [5, 5.41) is 10.6. The van der Waals surface area contributed by atoms with Crippen LogP contribution in [0.4, 0.5) is 0 Å². The van der Waals surface area contributed by atoms with Gasteiger partial charge in [-0.3, -0.25) is 4.99 Å². The van der Waals surface area contributed by atoms with E-state index >= 15 is 0 Å². The maximum Gasteiger partial charge on any atom is 0.352 e. The Morgan fingerprint density at radius 2 is 1.84 bits per heavy atom. The van der Waals surface area contributed by atoms with E-state index in [1.54, 1.807) is 18.3 Å². The van der Waals surface area contributed by atoms with Gasteiger partial charge in [0, 0.05) is 38.5 Å². The average Bonchev–Trinajstić information content (AvgIpc) is 2.94. The Balaban J connectivity index is 2.01. The third kappa shape index (κ3) is 2.64. The van der Waals surface area contributed by atoms with Gasteiger partial charge in [-0.05, 0) is 23.8 Å². The minimum atomic E-state index is -1.01. The molecule has 0 spiro atoms. The molecule has 0 fully saturated rings. The molecule has 4 nitrogen and oxygen atoms in total. The van der Waals surface area contributed by atoms with Crippen LogP contribution in [0.25, 0.3) is 11.1 Å². The minimum absolute atomic E-state index is 0.153. The predicted molar refractivity (Wildman–Crippen MR) is 99.0 cm³/mol. The lowest BCUT2D eigenvalue weighted by molar-refractivity contribution is 0.0690. The number of carboxylic acids is 1. The number of fused-ring (bicyclic) bond motifs is 3. The highest BCUT2D eigenvalue weighted by atomic mass is 35.5. The second-order valence-corrected chi connectivity index (χ2v) is 6.54. The number of carbonyl (C=O) groups is 1. The van der Waals surface area contributed by atoms with Crippen molar-refractivity contribution in [3.63, 3.8) is 0 Å². The maximum absolute atomic E-state index is 11.5. The second-order valence-electron chi connectivity index (χ2n) is 5.70. The van der Waals surface area contributed by atoms with Gasteiger partial charge in [-0.25, -0.2) is 4.79 Å². The molecular weight excluding hydrogens is 359 g/mol. The van der Waals surface area contributed by atoms with Gasteiger partial charge in [0.1, 0.15) is 5.69 Å². The van der Waals surface area contributed by atoms with E-state index in [1.807, 2.05) is 30.3 Å². The van der Waals surface area contributed by atoms with Crippen molar-refractivity contribution in [2.24, 2.45) is 4.99 Å². The topological polar surface area (TPSA) is 65.4 Å². The number of hydrogen-bond acceptors (Lipinski definition) is 2. The maximum atomic E-state index is 11.5. The van der Waals surface area contributed by atoms with Gasteiger partial charge < -0.3 is 10.1 Å². The largest absolute Gasteiger partial charge is 0.477 e. The molecular formula is C19H12Cl2N2O2. The van der Waals surface area contributed by atoms with Crippen LogP contribution in [0.1, 0.15) is 27.2 Å². The molecule has 1 aliphatic rings. The number of halogens is 2. The summed E-state index contributed by atoms with van der Waals surface area (Å²) < 4.78 is 0. The molecule has 0 saturated heterocycles. The van der Waals surface area contributed by atoms with Crippen molar-refractivity contribution in [3.8, 4) is 11.1 Å². The Hall–Kier alpha value is -2.56. The van der Waals surface area contributed by atoms with Gasteiger partial charge in [0.25, 0.3) is 0 Å². The quantitative estimate of drug-likeness (QED) is 0.663. The normalized spacial score (nSPS) is 12.8. The van der Waals surface area contributed by atoms with Crippen molar-refractivity contribution < 1.29 is 9.90 Å². The van der Waals surface area contributed by atoms with Gasteiger partial charge in [-0.2, -0.15) is 0 Å². The molecule has 0 saturated carbocycles. The first-order valence-corrected chi connectivity index (χ1v) is 8.35. The molecule has 25 heavy (non-hydrogen) atoms. The minimum Gasteiger partial charge on any atom is -0.477 e. The van der Waals surface area contributed by atoms with Gasteiger partial charge in [-0.1, -0.05) is 47.5 Å². The molecule has 0 atom stereocenters. The number of carboxylic acid groups (broad SMARTS) is 1. The number of aromatic carboxylic acids is 1. The lowest BCUT2D eigenvalue weighted by Crippen LogP contribution is -2.05. The van der Waals surface area contributed by atoms with E-state index in [2.05, 4.69) is 9.98 Å². The standard InChI is InChI=1S/C19H12Cl2N2O2/c20-10-5-6-11-13(7-10)17(12-3-1-2-4-16(12)21)22-9-15-14(11)8-23-18(15)19(24)25/h1-8,23H,9H2,(H,24,25). The first-order valence-electron chi connectivity index (χ1n) is 7.59. The molecule has 3 aromatic rings. The highest BCUT2D eigenvalue weighted by molar-refractivity contribution is 6.36. The van der Waals surface area contributed by atoms with Crippen molar-refractivity contribution in [1.82, 2.24) is 4.98 Å². The fraction of sp³-hybridized carbons (Fsp3) is 0.0526. The van der Waals surface area contributed by atoms with E-state index in [0.717, 1.165) is 22.3 Å². The fourth-order valence-electron chi connectivity index (χ4n) is 3.12. The Morgan fingerprint density at radius 1 is 1.04 bits per heavy atom. The van der Waals surface area contributed by atoms with Crippen LogP contribution in [0.5, 0.6) is 0 Å². The summed E-state index contributed by atoms with van der Waals surface area (Å²) in [6.07, 6.45) is 1.70. The number of nitrogens with zero attached hydrogens (tertiary/aromatic N) is 1. The summed E-state index contributed by atoms with van der Waals surface area (Å²) in [5.41, 5.74) is 4.82. The third-order valence-electron chi connectivity index (χ3n) is 4.25. The smallest absolute Gasteiger partial charge is 0.352 e. The van der Waals surface area contributed by atoms with Gasteiger partial charge >= 0.3 is 5.97 Å². The van der Waals surface area contributed by atoms with Crippen LogP contribution >= 0.6 is 23.2 Å². The summed E-state index contributed by atoms with van der Waals surface area (Å²) in [7, 11) is 0. The van der Waals surface area contributed by atoms with Gasteiger partial charge in [-0.15, -0.1) is 0 Å². The SMILES string of the molecule is O=C(O)c1[nH]cc2c1CN=C(c1ccccc1Cl)c1cc(Cl)ccc1-2. The monoisotopic (exact) mass is 370 g/mol. The molecule has 0 aliphatic carbocycles. The van der Waals surface area contributed by atoms with Crippen molar-refractivity contribution >= 4 is 34.9 Å². The number of nitrogens with one attached hydrogen (secondary N) is 1. The summed E-state index contributed by atoms with van der Waals surface area (Å²) >= 11 is 12.6. The predicted octanol–water partition coefficient (Wildman–Crippen LogP) is 5.04. The number of aromatic amines is 1. The van der Waals surface area contributed by atoms with Crippen LogP contribution in [0.15, 0.2) is 53.7 Å². The molecule has 1 aliphatic heterocycles. The lowest BCUT2D eigenvalue weighted by Gasteiger charge is -2.12. The summed E-state index contributed by atoms with van der Waals surface area (Å²) in [4.78, 5) is 19.0.